The SMILES string of the molecule is CC(C)C(N)C(=O)NC(CCC(=O)O)C(=O)N1CCCC1C(=O)NC(CS)C(=O)O. The molecule has 11 nitrogen and oxygen atoms in total. The first-order valence-corrected chi connectivity index (χ1v) is 10.3. The molecule has 12 heteroatoms. The van der Waals surface area contributed by atoms with Crippen LogP contribution in [0, 0.1) is 5.92 Å². The van der Waals surface area contributed by atoms with E-state index in [-0.39, 0.29) is 31.1 Å². The number of carbonyl (C=O) groups excluding carboxylic acids is 3. The van der Waals surface area contributed by atoms with Gasteiger partial charge in [0, 0.05) is 18.7 Å². The number of thiol groups is 1. The number of carbonyl (C=O) groups is 5. The van der Waals surface area contributed by atoms with Gasteiger partial charge in [-0.3, -0.25) is 19.2 Å². The van der Waals surface area contributed by atoms with Gasteiger partial charge in [0.2, 0.25) is 17.7 Å². The van der Waals surface area contributed by atoms with Crippen LogP contribution in [0.4, 0.5) is 0 Å². The van der Waals surface area contributed by atoms with Crippen molar-refractivity contribution in [3.63, 3.8) is 0 Å². The van der Waals surface area contributed by atoms with Gasteiger partial charge in [-0.15, -0.1) is 0 Å². The lowest BCUT2D eigenvalue weighted by atomic mass is 10.0. The standard InChI is InChI=1S/C18H30N4O7S/c1-9(2)14(19)16(26)20-10(5-6-13(23)24)17(27)22-7-3-4-12(22)15(25)21-11(8-30)18(28)29/h9-12,14,30H,3-8,19H2,1-2H3,(H,20,26)(H,21,25)(H,23,24)(H,28,29). The molecule has 0 radical (unpaired) electrons. The van der Waals surface area contributed by atoms with Gasteiger partial charge in [-0.25, -0.2) is 4.79 Å². The summed E-state index contributed by atoms with van der Waals surface area (Å²) in [7, 11) is 0. The molecular weight excluding hydrogens is 416 g/mol. The lowest BCUT2D eigenvalue weighted by Crippen LogP contribution is -2.57. The minimum Gasteiger partial charge on any atom is -0.481 e. The molecule has 1 rings (SSSR count). The third-order valence-electron chi connectivity index (χ3n) is 4.92. The molecule has 4 unspecified atom stereocenters. The fourth-order valence-corrected chi connectivity index (χ4v) is 3.30. The van der Waals surface area contributed by atoms with Crippen molar-refractivity contribution in [2.24, 2.45) is 11.7 Å². The van der Waals surface area contributed by atoms with Crippen molar-refractivity contribution in [1.29, 1.82) is 0 Å². The van der Waals surface area contributed by atoms with Crippen LogP contribution < -0.4 is 16.4 Å². The van der Waals surface area contributed by atoms with Gasteiger partial charge >= 0.3 is 11.9 Å². The van der Waals surface area contributed by atoms with Crippen LogP contribution in [0.5, 0.6) is 0 Å². The Morgan fingerprint density at radius 3 is 2.27 bits per heavy atom. The number of carboxylic acids is 2. The number of amides is 3. The van der Waals surface area contributed by atoms with Crippen molar-refractivity contribution in [3.8, 4) is 0 Å². The van der Waals surface area contributed by atoms with Gasteiger partial charge in [0.25, 0.3) is 0 Å². The number of hydrogen-bond acceptors (Lipinski definition) is 7. The highest BCUT2D eigenvalue weighted by molar-refractivity contribution is 7.80. The predicted molar refractivity (Wildman–Crippen MR) is 110 cm³/mol. The molecule has 0 saturated carbocycles. The maximum absolute atomic E-state index is 13.1. The van der Waals surface area contributed by atoms with Gasteiger partial charge in [0.15, 0.2) is 0 Å². The van der Waals surface area contributed by atoms with Crippen LogP contribution in [0.25, 0.3) is 0 Å². The Bertz CT molecular complexity index is 673. The Kier molecular flexibility index (Phi) is 10.1. The molecule has 0 spiro atoms. The molecule has 1 fully saturated rings. The Morgan fingerprint density at radius 1 is 1.13 bits per heavy atom. The second-order valence-corrected chi connectivity index (χ2v) is 7.90. The average Bonchev–Trinajstić information content (AvgIpc) is 3.17. The number of rotatable bonds is 11. The van der Waals surface area contributed by atoms with E-state index in [1.807, 2.05) is 0 Å². The number of nitrogens with zero attached hydrogens (tertiary/aromatic N) is 1. The molecule has 3 amide bonds. The molecular formula is C18H30N4O7S. The van der Waals surface area contributed by atoms with E-state index >= 15 is 0 Å². The second-order valence-electron chi connectivity index (χ2n) is 7.54. The summed E-state index contributed by atoms with van der Waals surface area (Å²) in [5.41, 5.74) is 5.81. The van der Waals surface area contributed by atoms with Crippen molar-refractivity contribution in [2.45, 2.75) is 63.7 Å². The average molecular weight is 447 g/mol. The van der Waals surface area contributed by atoms with Crippen LogP contribution in [0.3, 0.4) is 0 Å². The zero-order valence-corrected chi connectivity index (χ0v) is 17.9. The van der Waals surface area contributed by atoms with Crippen molar-refractivity contribution >= 4 is 42.3 Å². The van der Waals surface area contributed by atoms with Crippen LogP contribution in [-0.2, 0) is 24.0 Å². The fourth-order valence-electron chi connectivity index (χ4n) is 3.05. The highest BCUT2D eigenvalue weighted by atomic mass is 32.1. The first kappa shape index (κ1) is 25.7. The number of hydrogen-bond donors (Lipinski definition) is 6. The van der Waals surface area contributed by atoms with E-state index in [0.717, 1.165) is 0 Å². The van der Waals surface area contributed by atoms with Crippen molar-refractivity contribution in [3.05, 3.63) is 0 Å². The maximum Gasteiger partial charge on any atom is 0.327 e. The summed E-state index contributed by atoms with van der Waals surface area (Å²) in [6, 6.07) is -4.16. The zero-order valence-electron chi connectivity index (χ0n) is 17.0. The Balaban J connectivity index is 2.96. The number of nitrogens with two attached hydrogens (primary N) is 1. The lowest BCUT2D eigenvalue weighted by Gasteiger charge is -2.30. The Hall–Kier alpha value is -2.34. The van der Waals surface area contributed by atoms with Crippen LogP contribution in [0.15, 0.2) is 0 Å². The third kappa shape index (κ3) is 7.17. The molecule has 1 aliphatic heterocycles. The van der Waals surface area contributed by atoms with Gasteiger partial charge in [-0.2, -0.15) is 12.6 Å². The van der Waals surface area contributed by atoms with Crippen LogP contribution in [-0.4, -0.2) is 81.2 Å². The molecule has 0 aromatic rings. The van der Waals surface area contributed by atoms with Crippen molar-refractivity contribution in [1.82, 2.24) is 15.5 Å². The zero-order chi connectivity index (χ0) is 23.0. The van der Waals surface area contributed by atoms with Gasteiger partial charge < -0.3 is 31.5 Å². The smallest absolute Gasteiger partial charge is 0.327 e. The number of likely N-dealkylation sites (tertiary alicyclic amines) is 1. The summed E-state index contributed by atoms with van der Waals surface area (Å²) in [4.78, 5) is 61.3. The molecule has 170 valence electrons. The quantitative estimate of drug-likeness (QED) is 0.214. The van der Waals surface area contributed by atoms with E-state index in [1.165, 1.54) is 4.90 Å². The third-order valence-corrected chi connectivity index (χ3v) is 5.28. The van der Waals surface area contributed by atoms with Crippen LogP contribution in [0.1, 0.15) is 39.5 Å². The predicted octanol–water partition coefficient (Wildman–Crippen LogP) is -1.19. The number of carboxylic acid groups (broad SMARTS) is 2. The summed E-state index contributed by atoms with van der Waals surface area (Å²) >= 11 is 3.90. The Morgan fingerprint density at radius 2 is 1.77 bits per heavy atom. The van der Waals surface area contributed by atoms with E-state index < -0.39 is 53.8 Å². The second kappa shape index (κ2) is 11.7. The lowest BCUT2D eigenvalue weighted by molar-refractivity contribution is -0.144. The van der Waals surface area contributed by atoms with E-state index in [1.54, 1.807) is 13.8 Å². The molecule has 6 N–H and O–H groups in total. The summed E-state index contributed by atoms with van der Waals surface area (Å²) in [5, 5.41) is 22.9. The first-order valence-electron chi connectivity index (χ1n) is 9.71. The largest absolute Gasteiger partial charge is 0.481 e. The van der Waals surface area contributed by atoms with Gasteiger partial charge in [-0.1, -0.05) is 13.8 Å². The molecule has 0 aliphatic carbocycles. The molecule has 0 aromatic carbocycles. The first-order chi connectivity index (χ1) is 14.0. The van der Waals surface area contributed by atoms with E-state index in [2.05, 4.69) is 23.3 Å². The van der Waals surface area contributed by atoms with Crippen LogP contribution >= 0.6 is 12.6 Å². The Labute approximate surface area is 180 Å². The normalized spacial score (nSPS) is 19.1. The van der Waals surface area contributed by atoms with Gasteiger partial charge in [-0.05, 0) is 25.2 Å². The number of nitrogens with one attached hydrogen (secondary N) is 2. The minimum atomic E-state index is -1.25. The summed E-state index contributed by atoms with van der Waals surface area (Å²) in [6.45, 7) is 3.70. The molecule has 30 heavy (non-hydrogen) atoms. The highest BCUT2D eigenvalue weighted by Gasteiger charge is 2.39. The molecule has 1 heterocycles. The monoisotopic (exact) mass is 446 g/mol. The van der Waals surface area contributed by atoms with Crippen molar-refractivity contribution < 1.29 is 34.2 Å². The molecule has 1 saturated heterocycles. The summed E-state index contributed by atoms with van der Waals surface area (Å²) < 4.78 is 0. The minimum absolute atomic E-state index is 0.119. The van der Waals surface area contributed by atoms with E-state index in [0.29, 0.717) is 12.8 Å². The fraction of sp³-hybridized carbons (Fsp3) is 0.722. The summed E-state index contributed by atoms with van der Waals surface area (Å²) in [5.74, 6) is -4.52. The van der Waals surface area contributed by atoms with E-state index in [9.17, 15) is 24.0 Å². The van der Waals surface area contributed by atoms with Gasteiger partial charge in [0.05, 0.1) is 6.04 Å². The van der Waals surface area contributed by atoms with Crippen molar-refractivity contribution in [2.75, 3.05) is 12.3 Å². The topological polar surface area (TPSA) is 179 Å². The molecule has 1 aliphatic rings. The van der Waals surface area contributed by atoms with Gasteiger partial charge in [0.1, 0.15) is 18.1 Å². The van der Waals surface area contributed by atoms with E-state index in [4.69, 9.17) is 15.9 Å². The summed E-state index contributed by atoms with van der Waals surface area (Å²) in [6.07, 6.45) is 0.304. The number of aliphatic carboxylic acids is 2. The maximum atomic E-state index is 13.1. The van der Waals surface area contributed by atoms with Crippen LogP contribution in [0.2, 0.25) is 0 Å². The molecule has 0 aromatic heterocycles. The molecule has 0 bridgehead atoms. The highest BCUT2D eigenvalue weighted by Crippen LogP contribution is 2.20. The molecule has 4 atom stereocenters.